The summed E-state index contributed by atoms with van der Waals surface area (Å²) in [4.78, 5) is 11.8. The van der Waals surface area contributed by atoms with Gasteiger partial charge in [-0.25, -0.2) is 0 Å². The number of ether oxygens (including phenoxy) is 2. The molecule has 3 N–H and O–H groups in total. The highest BCUT2D eigenvalue weighted by molar-refractivity contribution is 5.77. The summed E-state index contributed by atoms with van der Waals surface area (Å²) in [5.74, 6) is 1.36. The van der Waals surface area contributed by atoms with Crippen LogP contribution in [0.1, 0.15) is 38.2 Å². The SMILES string of the molecule is CCCCCCNC(=O)COc1ccc(CCNCC(O)COc2ccccc2)cc1. The summed E-state index contributed by atoms with van der Waals surface area (Å²) < 4.78 is 11.1. The topological polar surface area (TPSA) is 79.8 Å². The fourth-order valence-corrected chi connectivity index (χ4v) is 3.00. The minimum atomic E-state index is -0.561. The maximum atomic E-state index is 11.8. The van der Waals surface area contributed by atoms with Crippen molar-refractivity contribution >= 4 is 5.91 Å². The zero-order valence-electron chi connectivity index (χ0n) is 18.5. The van der Waals surface area contributed by atoms with Crippen LogP contribution in [0.25, 0.3) is 0 Å². The number of hydrogen-bond donors (Lipinski definition) is 3. The smallest absolute Gasteiger partial charge is 0.257 e. The van der Waals surface area contributed by atoms with Crippen molar-refractivity contribution in [1.82, 2.24) is 10.6 Å². The van der Waals surface area contributed by atoms with Gasteiger partial charge in [0.05, 0.1) is 0 Å². The summed E-state index contributed by atoms with van der Waals surface area (Å²) in [5, 5.41) is 16.1. The zero-order chi connectivity index (χ0) is 22.2. The molecule has 0 fully saturated rings. The van der Waals surface area contributed by atoms with Gasteiger partial charge in [0.15, 0.2) is 6.61 Å². The van der Waals surface area contributed by atoms with Crippen molar-refractivity contribution in [2.75, 3.05) is 32.8 Å². The Balaban J connectivity index is 1.54. The monoisotopic (exact) mass is 428 g/mol. The lowest BCUT2D eigenvalue weighted by Gasteiger charge is -2.13. The Hall–Kier alpha value is -2.57. The number of amides is 1. The van der Waals surface area contributed by atoms with Crippen molar-refractivity contribution < 1.29 is 19.4 Å². The normalized spacial score (nSPS) is 11.7. The molecule has 1 atom stereocenters. The van der Waals surface area contributed by atoms with E-state index in [1.165, 1.54) is 12.8 Å². The van der Waals surface area contributed by atoms with Crippen LogP contribution in [0.4, 0.5) is 0 Å². The number of para-hydroxylation sites is 1. The standard InChI is InChI=1S/C25H36N2O4/c1-2-3-4-8-16-27-25(29)20-31-24-13-11-21(12-14-24)15-17-26-18-22(28)19-30-23-9-6-5-7-10-23/h5-7,9-14,22,26,28H,2-4,8,15-20H2,1H3,(H,27,29). The molecule has 6 nitrogen and oxygen atoms in total. The lowest BCUT2D eigenvalue weighted by atomic mass is 10.1. The number of carbonyl (C=O) groups excluding carboxylic acids is 1. The number of aliphatic hydroxyl groups excluding tert-OH is 1. The molecule has 0 heterocycles. The molecule has 1 unspecified atom stereocenters. The third-order valence-corrected chi connectivity index (χ3v) is 4.80. The predicted molar refractivity (Wildman–Crippen MR) is 124 cm³/mol. The highest BCUT2D eigenvalue weighted by atomic mass is 16.5. The lowest BCUT2D eigenvalue weighted by molar-refractivity contribution is -0.123. The molecule has 0 spiro atoms. The summed E-state index contributed by atoms with van der Waals surface area (Å²) in [6.45, 7) is 4.40. The van der Waals surface area contributed by atoms with Gasteiger partial charge in [-0.3, -0.25) is 4.79 Å². The van der Waals surface area contributed by atoms with Crippen molar-refractivity contribution in [1.29, 1.82) is 0 Å². The Kier molecular flexibility index (Phi) is 12.2. The Morgan fingerprint density at radius 2 is 1.68 bits per heavy atom. The van der Waals surface area contributed by atoms with Gasteiger partial charge in [-0.05, 0) is 49.2 Å². The van der Waals surface area contributed by atoms with E-state index >= 15 is 0 Å². The van der Waals surface area contributed by atoms with Gasteiger partial charge < -0.3 is 25.2 Å². The molecular formula is C25H36N2O4. The number of nitrogens with one attached hydrogen (secondary N) is 2. The molecule has 0 aliphatic carbocycles. The van der Waals surface area contributed by atoms with E-state index in [2.05, 4.69) is 17.6 Å². The first-order chi connectivity index (χ1) is 15.2. The summed E-state index contributed by atoms with van der Waals surface area (Å²) in [7, 11) is 0. The Morgan fingerprint density at radius 3 is 2.42 bits per heavy atom. The summed E-state index contributed by atoms with van der Waals surface area (Å²) >= 11 is 0. The average Bonchev–Trinajstić information content (AvgIpc) is 2.80. The van der Waals surface area contributed by atoms with Crippen LogP contribution in [0.15, 0.2) is 54.6 Å². The minimum absolute atomic E-state index is 0.0393. The third-order valence-electron chi connectivity index (χ3n) is 4.80. The van der Waals surface area contributed by atoms with Crippen LogP contribution < -0.4 is 20.1 Å². The molecule has 2 rings (SSSR count). The molecule has 170 valence electrons. The maximum absolute atomic E-state index is 11.8. The number of rotatable bonds is 16. The molecule has 0 aliphatic heterocycles. The van der Waals surface area contributed by atoms with Gasteiger partial charge in [-0.15, -0.1) is 0 Å². The van der Waals surface area contributed by atoms with Crippen LogP contribution in [-0.2, 0) is 11.2 Å². The molecule has 0 saturated carbocycles. The van der Waals surface area contributed by atoms with E-state index in [1.54, 1.807) is 0 Å². The van der Waals surface area contributed by atoms with Crippen LogP contribution >= 0.6 is 0 Å². The molecule has 0 aliphatic rings. The Labute approximate surface area is 186 Å². The Morgan fingerprint density at radius 1 is 0.935 bits per heavy atom. The van der Waals surface area contributed by atoms with E-state index in [0.717, 1.165) is 37.1 Å². The van der Waals surface area contributed by atoms with E-state index in [1.807, 2.05) is 54.6 Å². The van der Waals surface area contributed by atoms with Crippen LogP contribution in [0.5, 0.6) is 11.5 Å². The summed E-state index contributed by atoms with van der Waals surface area (Å²) in [6, 6.07) is 17.2. The van der Waals surface area contributed by atoms with Crippen molar-refractivity contribution in [3.63, 3.8) is 0 Å². The molecule has 1 amide bonds. The van der Waals surface area contributed by atoms with Gasteiger partial charge in [0.2, 0.25) is 0 Å². The molecule has 6 heteroatoms. The van der Waals surface area contributed by atoms with E-state index in [9.17, 15) is 9.90 Å². The second-order valence-corrected chi connectivity index (χ2v) is 7.58. The van der Waals surface area contributed by atoms with Gasteiger partial charge in [0.1, 0.15) is 24.2 Å². The minimum Gasteiger partial charge on any atom is -0.491 e. The highest BCUT2D eigenvalue weighted by Gasteiger charge is 2.05. The fourth-order valence-electron chi connectivity index (χ4n) is 3.00. The molecular weight excluding hydrogens is 392 g/mol. The zero-order valence-corrected chi connectivity index (χ0v) is 18.5. The molecule has 2 aromatic rings. The molecule has 0 saturated heterocycles. The fraction of sp³-hybridized carbons (Fsp3) is 0.480. The van der Waals surface area contributed by atoms with Crippen LogP contribution in [0.2, 0.25) is 0 Å². The van der Waals surface area contributed by atoms with Crippen molar-refractivity contribution in [2.24, 2.45) is 0 Å². The first kappa shape index (κ1) is 24.7. The third kappa shape index (κ3) is 11.4. The number of hydrogen-bond acceptors (Lipinski definition) is 5. The molecule has 0 aromatic heterocycles. The molecule has 0 bridgehead atoms. The quantitative estimate of drug-likeness (QED) is 0.358. The lowest BCUT2D eigenvalue weighted by Crippen LogP contribution is -2.32. The molecule has 31 heavy (non-hydrogen) atoms. The van der Waals surface area contributed by atoms with E-state index in [4.69, 9.17) is 9.47 Å². The van der Waals surface area contributed by atoms with Crippen molar-refractivity contribution in [2.45, 2.75) is 45.1 Å². The number of unbranched alkanes of at least 4 members (excludes halogenated alkanes) is 3. The van der Waals surface area contributed by atoms with Gasteiger partial charge >= 0.3 is 0 Å². The van der Waals surface area contributed by atoms with Crippen molar-refractivity contribution in [3.05, 3.63) is 60.2 Å². The largest absolute Gasteiger partial charge is 0.491 e. The van der Waals surface area contributed by atoms with Gasteiger partial charge in [0, 0.05) is 13.1 Å². The molecule has 2 aromatic carbocycles. The summed E-state index contributed by atoms with van der Waals surface area (Å²) in [6.07, 6.45) is 4.83. The Bertz CT molecular complexity index is 722. The van der Waals surface area contributed by atoms with Crippen LogP contribution in [0, 0.1) is 0 Å². The highest BCUT2D eigenvalue weighted by Crippen LogP contribution is 2.12. The van der Waals surface area contributed by atoms with Crippen LogP contribution in [0.3, 0.4) is 0 Å². The number of aliphatic hydroxyl groups is 1. The second kappa shape index (κ2) is 15.3. The average molecular weight is 429 g/mol. The molecule has 0 radical (unpaired) electrons. The second-order valence-electron chi connectivity index (χ2n) is 7.58. The van der Waals surface area contributed by atoms with Gasteiger partial charge in [-0.2, -0.15) is 0 Å². The van der Waals surface area contributed by atoms with E-state index in [0.29, 0.717) is 18.8 Å². The predicted octanol–water partition coefficient (Wildman–Crippen LogP) is 3.33. The van der Waals surface area contributed by atoms with E-state index in [-0.39, 0.29) is 19.1 Å². The van der Waals surface area contributed by atoms with E-state index < -0.39 is 6.10 Å². The first-order valence-corrected chi connectivity index (χ1v) is 11.2. The maximum Gasteiger partial charge on any atom is 0.257 e. The number of benzene rings is 2. The van der Waals surface area contributed by atoms with Gasteiger partial charge in [0.25, 0.3) is 5.91 Å². The first-order valence-electron chi connectivity index (χ1n) is 11.2. The van der Waals surface area contributed by atoms with Gasteiger partial charge in [-0.1, -0.05) is 56.5 Å². The van der Waals surface area contributed by atoms with Crippen molar-refractivity contribution in [3.8, 4) is 11.5 Å². The van der Waals surface area contributed by atoms with Crippen LogP contribution in [-0.4, -0.2) is 50.0 Å². The summed E-state index contributed by atoms with van der Waals surface area (Å²) in [5.41, 5.74) is 1.16. The number of carbonyl (C=O) groups is 1.